The molecule has 3 rings (SSSR count). The van der Waals surface area contributed by atoms with Gasteiger partial charge in [0.1, 0.15) is 18.1 Å². The van der Waals surface area contributed by atoms with Gasteiger partial charge in [0, 0.05) is 12.8 Å². The van der Waals surface area contributed by atoms with Crippen LogP contribution in [0.4, 0.5) is 0 Å². The molecular formula is C35H51NO10S. The molecule has 0 spiro atoms. The van der Waals surface area contributed by atoms with Crippen molar-refractivity contribution >= 4 is 39.7 Å². The van der Waals surface area contributed by atoms with E-state index in [9.17, 15) is 32.4 Å². The summed E-state index contributed by atoms with van der Waals surface area (Å²) in [6.07, 6.45) is 0.560. The molecule has 47 heavy (non-hydrogen) atoms. The molecule has 1 aromatic carbocycles. The minimum absolute atomic E-state index is 0.0343. The lowest BCUT2D eigenvalue weighted by atomic mass is 9.51. The summed E-state index contributed by atoms with van der Waals surface area (Å²) < 4.78 is 41.7. The summed E-state index contributed by atoms with van der Waals surface area (Å²) in [5.41, 5.74) is -3.66. The van der Waals surface area contributed by atoms with Gasteiger partial charge in [0.2, 0.25) is 5.91 Å². The van der Waals surface area contributed by atoms with E-state index in [0.717, 1.165) is 0 Å². The van der Waals surface area contributed by atoms with Crippen LogP contribution in [0.1, 0.15) is 112 Å². The van der Waals surface area contributed by atoms with Crippen molar-refractivity contribution in [2.45, 2.75) is 106 Å². The second-order valence-corrected chi connectivity index (χ2v) is 17.7. The van der Waals surface area contributed by atoms with Gasteiger partial charge in [-0.05, 0) is 60.0 Å². The molecule has 262 valence electrons. The average molecular weight is 678 g/mol. The quantitative estimate of drug-likeness (QED) is 0.153. The number of benzene rings is 1. The highest BCUT2D eigenvalue weighted by Gasteiger charge is 2.76. The van der Waals surface area contributed by atoms with Gasteiger partial charge < -0.3 is 14.2 Å². The molecule has 1 fully saturated rings. The topological polar surface area (TPSA) is 150 Å². The molecular weight excluding hydrogens is 626 g/mol. The Hall–Kier alpha value is -3.28. The maximum absolute atomic E-state index is 13.7. The van der Waals surface area contributed by atoms with Crippen molar-refractivity contribution < 1.29 is 46.6 Å². The van der Waals surface area contributed by atoms with Gasteiger partial charge in [0.25, 0.3) is 15.9 Å². The Bertz CT molecular complexity index is 1550. The molecule has 1 aliphatic heterocycles. The van der Waals surface area contributed by atoms with Crippen LogP contribution in [0.5, 0.6) is 0 Å². The van der Waals surface area contributed by atoms with Gasteiger partial charge in [-0.25, -0.2) is 8.42 Å². The minimum Gasteiger partial charge on any atom is -0.469 e. The molecule has 3 unspecified atom stereocenters. The van der Waals surface area contributed by atoms with Gasteiger partial charge in [-0.1, -0.05) is 74.4 Å². The predicted molar refractivity (Wildman–Crippen MR) is 173 cm³/mol. The number of esters is 3. The minimum atomic E-state index is -4.28. The Kier molecular flexibility index (Phi) is 10.3. The Morgan fingerprint density at radius 2 is 1.47 bits per heavy atom. The van der Waals surface area contributed by atoms with Crippen LogP contribution in [0.15, 0.2) is 29.2 Å². The predicted octanol–water partition coefficient (Wildman–Crippen LogP) is 5.70. The van der Waals surface area contributed by atoms with Gasteiger partial charge in [0.15, 0.2) is 0 Å². The molecule has 0 radical (unpaired) electrons. The van der Waals surface area contributed by atoms with Crippen LogP contribution >= 0.6 is 0 Å². The number of nitrogens with zero attached hydrogens (tertiary/aromatic N) is 1. The van der Waals surface area contributed by atoms with Crippen molar-refractivity contribution in [1.29, 1.82) is 0 Å². The zero-order valence-corrected chi connectivity index (χ0v) is 30.5. The Morgan fingerprint density at radius 1 is 0.894 bits per heavy atom. The number of carbonyl (C=O) groups excluding carboxylic acids is 5. The average Bonchev–Trinajstić information content (AvgIpc) is 3.52. The number of rotatable bonds is 12. The third kappa shape index (κ3) is 6.46. The van der Waals surface area contributed by atoms with E-state index in [1.54, 1.807) is 0 Å². The molecule has 1 aliphatic carbocycles. The lowest BCUT2D eigenvalue weighted by Gasteiger charge is -2.52. The highest BCUT2D eigenvalue weighted by molar-refractivity contribution is 7.90. The van der Waals surface area contributed by atoms with Gasteiger partial charge in [-0.3, -0.25) is 24.0 Å². The highest BCUT2D eigenvalue weighted by atomic mass is 32.2. The maximum Gasteiger partial charge on any atom is 0.313 e. The van der Waals surface area contributed by atoms with Crippen molar-refractivity contribution in [2.24, 2.45) is 32.5 Å². The van der Waals surface area contributed by atoms with E-state index in [1.807, 2.05) is 62.3 Å². The van der Waals surface area contributed by atoms with E-state index in [2.05, 4.69) is 6.92 Å². The standard InChI is InChI=1S/C35H51NO10S/c1-30(2,3)34(10,28(40)44-11)32(7,8)21-33(9)22-35(33,31(4,5)6)29(41)46-20-19-45-26(38)18-14-17-25(37)36-27(39)23-15-12-13-16-24(23)47(36,42)43/h12-13,15-16H,14,17-22H2,1-11H3. The third-order valence-corrected chi connectivity index (χ3v) is 12.6. The van der Waals surface area contributed by atoms with E-state index in [1.165, 1.54) is 31.4 Å². The van der Waals surface area contributed by atoms with Crippen LogP contribution in [0.25, 0.3) is 0 Å². The van der Waals surface area contributed by atoms with Crippen molar-refractivity contribution in [3.8, 4) is 0 Å². The fraction of sp³-hybridized carbons (Fsp3) is 0.686. The van der Waals surface area contributed by atoms with E-state index < -0.39 is 66.3 Å². The van der Waals surface area contributed by atoms with Gasteiger partial charge >= 0.3 is 17.9 Å². The number of sulfonamides is 1. The first kappa shape index (κ1) is 38.2. The number of imide groups is 1. The lowest BCUT2D eigenvalue weighted by molar-refractivity contribution is -0.174. The Labute approximate surface area is 279 Å². The number of hydrogen-bond donors (Lipinski definition) is 0. The van der Waals surface area contributed by atoms with E-state index in [4.69, 9.17) is 14.2 Å². The number of amides is 2. The van der Waals surface area contributed by atoms with Crippen LogP contribution in [0, 0.1) is 32.5 Å². The maximum atomic E-state index is 13.7. The Morgan fingerprint density at radius 3 is 2.00 bits per heavy atom. The molecule has 1 aromatic rings. The number of hydrogen-bond acceptors (Lipinski definition) is 10. The second-order valence-electron chi connectivity index (χ2n) is 16.0. The first-order valence-corrected chi connectivity index (χ1v) is 17.4. The zero-order valence-electron chi connectivity index (χ0n) is 29.7. The summed E-state index contributed by atoms with van der Waals surface area (Å²) in [5, 5.41) is 0. The highest BCUT2D eigenvalue weighted by Crippen LogP contribution is 2.76. The molecule has 0 N–H and O–H groups in total. The molecule has 0 saturated heterocycles. The number of fused-ring (bicyclic) bond motifs is 1. The van der Waals surface area contributed by atoms with Crippen LogP contribution in [0.3, 0.4) is 0 Å². The van der Waals surface area contributed by atoms with Gasteiger partial charge in [-0.2, -0.15) is 4.31 Å². The lowest BCUT2D eigenvalue weighted by Crippen LogP contribution is -2.53. The van der Waals surface area contributed by atoms with E-state index >= 15 is 0 Å². The Balaban J connectivity index is 1.55. The van der Waals surface area contributed by atoms with Crippen LogP contribution in [-0.2, 0) is 43.4 Å². The zero-order chi connectivity index (χ0) is 36.0. The normalized spacial score (nSPS) is 23.4. The molecule has 1 saturated carbocycles. The molecule has 12 heteroatoms. The van der Waals surface area contributed by atoms with Crippen molar-refractivity contribution in [3.05, 3.63) is 29.8 Å². The fourth-order valence-corrected chi connectivity index (χ4v) is 9.46. The molecule has 1 heterocycles. The largest absolute Gasteiger partial charge is 0.469 e. The molecule has 0 bridgehead atoms. The smallest absolute Gasteiger partial charge is 0.313 e. The van der Waals surface area contributed by atoms with E-state index in [0.29, 0.717) is 12.8 Å². The molecule has 0 aromatic heterocycles. The summed E-state index contributed by atoms with van der Waals surface area (Å²) in [6, 6.07) is 5.58. The summed E-state index contributed by atoms with van der Waals surface area (Å²) >= 11 is 0. The molecule has 2 amide bonds. The van der Waals surface area contributed by atoms with Crippen molar-refractivity contribution in [3.63, 3.8) is 0 Å². The second kappa shape index (κ2) is 12.6. The van der Waals surface area contributed by atoms with Crippen molar-refractivity contribution in [2.75, 3.05) is 20.3 Å². The monoisotopic (exact) mass is 677 g/mol. The summed E-state index contributed by atoms with van der Waals surface area (Å²) in [4.78, 5) is 64.2. The molecule has 11 nitrogen and oxygen atoms in total. The number of ether oxygens (including phenoxy) is 3. The molecule has 3 atom stereocenters. The van der Waals surface area contributed by atoms with Crippen LogP contribution in [0.2, 0.25) is 0 Å². The molecule has 2 aliphatic rings. The summed E-state index contributed by atoms with van der Waals surface area (Å²) in [5.74, 6) is -3.18. The first-order chi connectivity index (χ1) is 21.4. The van der Waals surface area contributed by atoms with Crippen LogP contribution in [-0.4, -0.2) is 62.8 Å². The fourth-order valence-electron chi connectivity index (χ4n) is 7.91. The van der Waals surface area contributed by atoms with Gasteiger partial charge in [0.05, 0.1) is 23.5 Å². The SMILES string of the molecule is COC(=O)C(C)(C(C)(C)C)C(C)(C)CC1(C)CC1(C(=O)OCCOC(=O)CCCC(=O)N1C(=O)c2ccccc2S1(=O)=O)C(C)(C)C. The number of methoxy groups -OCH3 is 1. The number of carbonyl (C=O) groups is 5. The van der Waals surface area contributed by atoms with Crippen LogP contribution < -0.4 is 0 Å². The third-order valence-electron chi connectivity index (χ3n) is 10.9. The first-order valence-electron chi connectivity index (χ1n) is 16.0. The summed E-state index contributed by atoms with van der Waals surface area (Å²) in [7, 11) is -2.88. The van der Waals surface area contributed by atoms with Gasteiger partial charge in [-0.15, -0.1) is 0 Å². The van der Waals surface area contributed by atoms with E-state index in [-0.39, 0.29) is 53.2 Å². The van der Waals surface area contributed by atoms with Crippen molar-refractivity contribution in [1.82, 2.24) is 4.31 Å². The summed E-state index contributed by atoms with van der Waals surface area (Å²) in [6.45, 7) is 19.8.